The molecule has 0 amide bonds. The number of anilines is 3. The molecule has 0 N–H and O–H groups in total. The summed E-state index contributed by atoms with van der Waals surface area (Å²) >= 11 is 0. The average Bonchev–Trinajstić information content (AvgIpc) is 3.85. The van der Waals surface area contributed by atoms with Gasteiger partial charge in [0.05, 0.1) is 18.0 Å². The van der Waals surface area contributed by atoms with Gasteiger partial charge in [0.25, 0.3) is 0 Å². The zero-order valence-corrected chi connectivity index (χ0v) is 28.9. The fourth-order valence-electron chi connectivity index (χ4n) is 8.10. The van der Waals surface area contributed by atoms with Crippen molar-refractivity contribution in [2.45, 2.75) is 12.3 Å². The molecular formula is C45H32N4Pt. The molecule has 0 fully saturated rings. The molecule has 242 valence electrons. The monoisotopic (exact) mass is 829 g/mol. The normalized spacial score (nSPS) is 16.3. The molecule has 10 rings (SSSR count). The van der Waals surface area contributed by atoms with Crippen molar-refractivity contribution in [1.29, 1.82) is 0 Å². The van der Waals surface area contributed by atoms with E-state index in [0.717, 1.165) is 66.6 Å². The third-order valence-corrected chi connectivity index (χ3v) is 10.1. The van der Waals surface area contributed by atoms with Gasteiger partial charge >= 0.3 is 21.1 Å². The Hall–Kier alpha value is -5.44. The predicted octanol–water partition coefficient (Wildman–Crippen LogP) is 9.99. The standard InChI is InChI=1S/C45H32N4.Pt/c1-30-24-25-46-44(26-30)49-40-19-8-5-16-36(40)37-23-22-32(28-43(37)49)45(38-17-6-3-14-34(38)35-15-4-7-18-39(35)45)31-12-11-13-33(27-31)48-29-47(2)41-20-9-10-21-42(41)48;/h3-26H,29H2,1-2H3;/q-2;+2/i1D3,2D3;. The van der Waals surface area contributed by atoms with E-state index in [1.54, 1.807) is 18.3 Å². The maximum atomic E-state index is 8.31. The van der Waals surface area contributed by atoms with E-state index in [1.165, 1.54) is 4.90 Å². The number of fused-ring (bicyclic) bond motifs is 7. The molecule has 0 bridgehead atoms. The van der Waals surface area contributed by atoms with Crippen LogP contribution in [-0.4, -0.2) is 23.2 Å². The quantitative estimate of drug-likeness (QED) is 0.165. The molecule has 0 radical (unpaired) electrons. The number of rotatable bonds is 4. The fourth-order valence-corrected chi connectivity index (χ4v) is 8.10. The minimum absolute atomic E-state index is 0. The van der Waals surface area contributed by atoms with Crippen molar-refractivity contribution in [3.05, 3.63) is 186 Å². The van der Waals surface area contributed by atoms with Crippen molar-refractivity contribution >= 4 is 38.9 Å². The molecular weight excluding hydrogens is 792 g/mol. The second kappa shape index (κ2) is 11.6. The van der Waals surface area contributed by atoms with Gasteiger partial charge in [-0.3, -0.25) is 0 Å². The van der Waals surface area contributed by atoms with Crippen LogP contribution in [0.5, 0.6) is 0 Å². The van der Waals surface area contributed by atoms with E-state index in [9.17, 15) is 0 Å². The molecule has 1 aliphatic carbocycles. The van der Waals surface area contributed by atoms with Crippen molar-refractivity contribution < 1.29 is 29.3 Å². The number of aromatic nitrogens is 2. The van der Waals surface area contributed by atoms with Crippen molar-refractivity contribution in [3.63, 3.8) is 0 Å². The summed E-state index contributed by atoms with van der Waals surface area (Å²) in [4.78, 5) is 8.17. The molecule has 0 unspecified atom stereocenters. The van der Waals surface area contributed by atoms with E-state index >= 15 is 0 Å². The molecule has 8 aromatic rings. The Bertz CT molecular complexity index is 2780. The molecule has 2 aliphatic rings. The Morgan fingerprint density at radius 3 is 2.20 bits per heavy atom. The number of aryl methyl sites for hydroxylation is 1. The summed E-state index contributed by atoms with van der Waals surface area (Å²) in [6.45, 7) is -4.48. The Morgan fingerprint density at radius 1 is 0.680 bits per heavy atom. The van der Waals surface area contributed by atoms with Crippen molar-refractivity contribution in [2.75, 3.05) is 23.4 Å². The van der Waals surface area contributed by atoms with E-state index in [1.807, 2.05) is 64.1 Å². The number of pyridine rings is 1. The van der Waals surface area contributed by atoms with Crippen molar-refractivity contribution in [3.8, 4) is 16.9 Å². The summed E-state index contributed by atoms with van der Waals surface area (Å²) < 4.78 is 51.4. The predicted molar refractivity (Wildman–Crippen MR) is 200 cm³/mol. The van der Waals surface area contributed by atoms with Crippen LogP contribution in [0, 0.1) is 19.0 Å². The first-order chi connectivity index (χ1) is 26.5. The fraction of sp³-hybridized carbons (Fsp3) is 0.0889. The van der Waals surface area contributed by atoms with Crippen LogP contribution in [0.3, 0.4) is 0 Å². The zero-order valence-electron chi connectivity index (χ0n) is 32.7. The Morgan fingerprint density at radius 2 is 1.40 bits per heavy atom. The smallest absolute Gasteiger partial charge is 0.355 e. The van der Waals surface area contributed by atoms with Crippen molar-refractivity contribution in [2.24, 2.45) is 0 Å². The molecule has 3 heterocycles. The molecule has 2 aromatic heterocycles. The Labute approximate surface area is 315 Å². The van der Waals surface area contributed by atoms with Crippen LogP contribution in [0.1, 0.15) is 36.0 Å². The number of hydrogen-bond acceptors (Lipinski definition) is 3. The second-order valence-corrected chi connectivity index (χ2v) is 12.7. The van der Waals surface area contributed by atoms with Gasteiger partial charge in [0.15, 0.2) is 0 Å². The van der Waals surface area contributed by atoms with E-state index in [2.05, 4.69) is 84.9 Å². The molecule has 5 heteroatoms. The van der Waals surface area contributed by atoms with Gasteiger partial charge in [-0.2, -0.15) is 36.4 Å². The van der Waals surface area contributed by atoms with Gasteiger partial charge < -0.3 is 14.4 Å². The first kappa shape index (κ1) is 24.7. The third-order valence-electron chi connectivity index (χ3n) is 10.1. The van der Waals surface area contributed by atoms with Crippen LogP contribution in [0.25, 0.3) is 38.8 Å². The van der Waals surface area contributed by atoms with E-state index in [4.69, 9.17) is 13.2 Å². The van der Waals surface area contributed by atoms with Crippen LogP contribution in [0.15, 0.2) is 146 Å². The molecule has 6 aromatic carbocycles. The Kier molecular flexibility index (Phi) is 5.71. The van der Waals surface area contributed by atoms with Gasteiger partial charge in [-0.05, 0) is 70.4 Å². The third kappa shape index (κ3) is 4.25. The summed E-state index contributed by atoms with van der Waals surface area (Å²) in [6, 6.07) is 53.9. The molecule has 4 nitrogen and oxygen atoms in total. The number of hydrogen-bond donors (Lipinski definition) is 0. The number of benzene rings is 6. The molecule has 0 saturated carbocycles. The van der Waals surface area contributed by atoms with Crippen LogP contribution in [0.4, 0.5) is 17.1 Å². The van der Waals surface area contributed by atoms with Gasteiger partial charge in [0, 0.05) is 32.3 Å². The van der Waals surface area contributed by atoms with Crippen LogP contribution >= 0.6 is 0 Å². The zero-order chi connectivity index (χ0) is 37.7. The van der Waals surface area contributed by atoms with Gasteiger partial charge in [0.2, 0.25) is 0 Å². The molecule has 1 aliphatic heterocycles. The summed E-state index contributed by atoms with van der Waals surface area (Å²) in [7, 11) is 0. The van der Waals surface area contributed by atoms with Gasteiger partial charge in [-0.15, -0.1) is 22.6 Å². The summed E-state index contributed by atoms with van der Waals surface area (Å²) in [5.41, 5.74) is 9.34. The molecule has 0 saturated heterocycles. The van der Waals surface area contributed by atoms with Crippen molar-refractivity contribution in [1.82, 2.24) is 9.55 Å². The van der Waals surface area contributed by atoms with Gasteiger partial charge in [-0.1, -0.05) is 90.1 Å². The summed E-state index contributed by atoms with van der Waals surface area (Å²) in [5, 5.41) is 1.97. The largest absolute Gasteiger partial charge is 2.00 e. The Balaban J connectivity index is 0.00000410. The van der Waals surface area contributed by atoms with Gasteiger partial charge in [-0.25, -0.2) is 4.98 Å². The minimum atomic E-state index is -2.33. The first-order valence-electron chi connectivity index (χ1n) is 19.3. The van der Waals surface area contributed by atoms with Crippen LogP contribution < -0.4 is 9.80 Å². The number of para-hydroxylation sites is 3. The molecule has 0 atom stereocenters. The van der Waals surface area contributed by atoms with Gasteiger partial charge in [0.1, 0.15) is 5.82 Å². The minimum Gasteiger partial charge on any atom is -0.355 e. The molecule has 50 heavy (non-hydrogen) atoms. The molecule has 0 spiro atoms. The summed E-state index contributed by atoms with van der Waals surface area (Å²) in [6.07, 6.45) is 1.55. The topological polar surface area (TPSA) is 24.3 Å². The van der Waals surface area contributed by atoms with E-state index < -0.39 is 19.2 Å². The summed E-state index contributed by atoms with van der Waals surface area (Å²) in [5.74, 6) is 0.495. The van der Waals surface area contributed by atoms with Crippen LogP contribution in [0.2, 0.25) is 0 Å². The second-order valence-electron chi connectivity index (χ2n) is 12.7. The maximum Gasteiger partial charge on any atom is 2.00 e. The SMILES string of the molecule is [2H]C([2H])([2H])c1ccnc(-n2c3[c-]c(C4(c5[c-]c(N6CN(C([2H])([2H])[2H])c7ccccc76)ccc5)c5ccccc5-c5ccccc54)ccc3c3ccccc32)c1.[Pt+2]. The van der Waals surface area contributed by atoms with E-state index in [0.29, 0.717) is 11.5 Å². The number of nitrogens with zero attached hydrogens (tertiary/aromatic N) is 4. The maximum absolute atomic E-state index is 8.31. The van der Waals surface area contributed by atoms with E-state index in [-0.39, 0.29) is 33.3 Å². The first-order valence-corrected chi connectivity index (χ1v) is 16.3. The average molecular weight is 830 g/mol. The van der Waals surface area contributed by atoms with Crippen LogP contribution in [-0.2, 0) is 26.5 Å².